The molecule has 0 bridgehead atoms. The fourth-order valence-corrected chi connectivity index (χ4v) is 6.03. The molecule has 1 atom stereocenters. The first-order valence-corrected chi connectivity index (χ1v) is 9.91. The summed E-state index contributed by atoms with van der Waals surface area (Å²) < 4.78 is 27.7. The van der Waals surface area contributed by atoms with E-state index in [4.69, 9.17) is 0 Å². The van der Waals surface area contributed by atoms with E-state index in [1.807, 2.05) is 13.8 Å². The van der Waals surface area contributed by atoms with Crippen LogP contribution >= 0.6 is 27.3 Å². The highest BCUT2D eigenvalue weighted by molar-refractivity contribution is 9.11. The Labute approximate surface area is 137 Å². The first-order valence-electron chi connectivity index (χ1n) is 6.86. The number of carbonyl (C=O) groups excluding carboxylic acids is 1. The average molecular weight is 395 g/mol. The van der Waals surface area contributed by atoms with Gasteiger partial charge in [-0.1, -0.05) is 0 Å². The molecule has 1 fully saturated rings. The number of sulfonamides is 1. The summed E-state index contributed by atoms with van der Waals surface area (Å²) in [4.78, 5) is 12.1. The van der Waals surface area contributed by atoms with Gasteiger partial charge in [0, 0.05) is 19.1 Å². The second kappa shape index (κ2) is 6.76. The van der Waals surface area contributed by atoms with Crippen LogP contribution in [0.25, 0.3) is 0 Å². The molecule has 1 saturated heterocycles. The van der Waals surface area contributed by atoms with Crippen molar-refractivity contribution in [3.8, 4) is 0 Å². The summed E-state index contributed by atoms with van der Waals surface area (Å²) in [5.74, 6) is -0.323. The maximum absolute atomic E-state index is 12.6. The molecule has 1 amide bonds. The minimum absolute atomic E-state index is 0.0581. The van der Waals surface area contributed by atoms with Gasteiger partial charge in [-0.25, -0.2) is 8.42 Å². The number of halogens is 1. The van der Waals surface area contributed by atoms with E-state index in [0.717, 1.165) is 10.2 Å². The normalized spacial score (nSPS) is 20.7. The van der Waals surface area contributed by atoms with E-state index in [1.165, 1.54) is 15.6 Å². The molecule has 0 spiro atoms. The van der Waals surface area contributed by atoms with Crippen LogP contribution < -0.4 is 5.32 Å². The lowest BCUT2D eigenvalue weighted by atomic mass is 9.98. The van der Waals surface area contributed by atoms with Crippen LogP contribution in [0.5, 0.6) is 0 Å². The molecule has 1 aromatic heterocycles. The molecule has 21 heavy (non-hydrogen) atoms. The number of hydrogen-bond donors (Lipinski definition) is 1. The quantitative estimate of drug-likeness (QED) is 0.852. The molecule has 0 saturated carbocycles. The van der Waals surface area contributed by atoms with Gasteiger partial charge in [-0.05, 0) is 54.8 Å². The van der Waals surface area contributed by atoms with Crippen molar-refractivity contribution in [2.45, 2.75) is 36.9 Å². The molecule has 8 heteroatoms. The van der Waals surface area contributed by atoms with Crippen molar-refractivity contribution in [1.82, 2.24) is 9.62 Å². The van der Waals surface area contributed by atoms with Crippen LogP contribution in [0.4, 0.5) is 0 Å². The zero-order valence-electron chi connectivity index (χ0n) is 12.0. The monoisotopic (exact) mass is 394 g/mol. The molecule has 5 nitrogen and oxygen atoms in total. The van der Waals surface area contributed by atoms with Crippen molar-refractivity contribution >= 4 is 43.2 Å². The van der Waals surface area contributed by atoms with Gasteiger partial charge in [0.15, 0.2) is 0 Å². The SMILES string of the molecule is CC(C)NC(=O)C1CCCN(S(=O)(=O)c2ccc(Br)s2)C1. The summed E-state index contributed by atoms with van der Waals surface area (Å²) in [5, 5.41) is 2.86. The Morgan fingerprint density at radius 3 is 2.76 bits per heavy atom. The molecular formula is C13H19BrN2O3S2. The fourth-order valence-electron chi connectivity index (χ4n) is 2.34. The Bertz CT molecular complexity index is 613. The van der Waals surface area contributed by atoms with E-state index in [2.05, 4.69) is 21.2 Å². The predicted molar refractivity (Wildman–Crippen MR) is 86.8 cm³/mol. The number of rotatable bonds is 4. The maximum Gasteiger partial charge on any atom is 0.252 e. The van der Waals surface area contributed by atoms with Gasteiger partial charge < -0.3 is 5.32 Å². The summed E-state index contributed by atoms with van der Waals surface area (Å²) in [5.41, 5.74) is 0. The topological polar surface area (TPSA) is 66.5 Å². The highest BCUT2D eigenvalue weighted by Crippen LogP contribution is 2.30. The summed E-state index contributed by atoms with van der Waals surface area (Å²) in [7, 11) is -3.49. The van der Waals surface area contributed by atoms with E-state index in [1.54, 1.807) is 12.1 Å². The standard InChI is InChI=1S/C13H19BrN2O3S2/c1-9(2)15-13(17)10-4-3-7-16(8-10)21(18,19)12-6-5-11(14)20-12/h5-6,9-10H,3-4,7-8H2,1-2H3,(H,15,17). The molecular weight excluding hydrogens is 376 g/mol. The number of piperidine rings is 1. The van der Waals surface area contributed by atoms with E-state index >= 15 is 0 Å². The van der Waals surface area contributed by atoms with Gasteiger partial charge >= 0.3 is 0 Å². The summed E-state index contributed by atoms with van der Waals surface area (Å²) in [6.45, 7) is 4.54. The molecule has 2 rings (SSSR count). The molecule has 2 heterocycles. The molecule has 0 radical (unpaired) electrons. The van der Waals surface area contributed by atoms with Crippen LogP contribution in [0, 0.1) is 5.92 Å². The van der Waals surface area contributed by atoms with Gasteiger partial charge in [0.2, 0.25) is 5.91 Å². The molecule has 0 aromatic carbocycles. The van der Waals surface area contributed by atoms with E-state index < -0.39 is 10.0 Å². The highest BCUT2D eigenvalue weighted by Gasteiger charge is 2.34. The number of thiophene rings is 1. The zero-order chi connectivity index (χ0) is 15.6. The van der Waals surface area contributed by atoms with Gasteiger partial charge in [0.25, 0.3) is 10.0 Å². The van der Waals surface area contributed by atoms with E-state index in [0.29, 0.717) is 17.2 Å². The lowest BCUT2D eigenvalue weighted by molar-refractivity contribution is -0.126. The lowest BCUT2D eigenvalue weighted by Crippen LogP contribution is -2.46. The third-order valence-corrected chi connectivity index (χ3v) is 7.28. The van der Waals surface area contributed by atoms with Crippen LogP contribution in [-0.2, 0) is 14.8 Å². The van der Waals surface area contributed by atoms with Gasteiger partial charge in [0.05, 0.1) is 9.70 Å². The predicted octanol–water partition coefficient (Wildman–Crippen LogP) is 2.44. The van der Waals surface area contributed by atoms with Gasteiger partial charge in [-0.3, -0.25) is 4.79 Å². The van der Waals surface area contributed by atoms with Gasteiger partial charge in [0.1, 0.15) is 4.21 Å². The first kappa shape index (κ1) is 16.9. The zero-order valence-corrected chi connectivity index (χ0v) is 15.2. The number of nitrogens with zero attached hydrogens (tertiary/aromatic N) is 1. The fraction of sp³-hybridized carbons (Fsp3) is 0.615. The third-order valence-electron chi connectivity index (χ3n) is 3.33. The highest BCUT2D eigenvalue weighted by atomic mass is 79.9. The maximum atomic E-state index is 12.6. The van der Waals surface area contributed by atoms with Crippen molar-refractivity contribution in [2.24, 2.45) is 5.92 Å². The molecule has 118 valence electrons. The second-order valence-corrected chi connectivity index (χ2v) is 10.1. The van der Waals surface area contributed by atoms with E-state index in [9.17, 15) is 13.2 Å². The second-order valence-electron chi connectivity index (χ2n) is 5.42. The number of amides is 1. The molecule has 1 aliphatic rings. The third kappa shape index (κ3) is 4.06. The molecule has 0 aliphatic carbocycles. The van der Waals surface area contributed by atoms with Crippen molar-refractivity contribution in [3.05, 3.63) is 15.9 Å². The Morgan fingerprint density at radius 1 is 1.48 bits per heavy atom. The Hall–Kier alpha value is -0.440. The van der Waals surface area contributed by atoms with Crippen LogP contribution in [0.15, 0.2) is 20.1 Å². The number of hydrogen-bond acceptors (Lipinski definition) is 4. The number of carbonyl (C=O) groups is 1. The van der Waals surface area contributed by atoms with Crippen molar-refractivity contribution in [3.63, 3.8) is 0 Å². The van der Waals surface area contributed by atoms with Crippen molar-refractivity contribution < 1.29 is 13.2 Å². The summed E-state index contributed by atoms with van der Waals surface area (Å²) in [6, 6.07) is 3.39. The largest absolute Gasteiger partial charge is 0.354 e. The smallest absolute Gasteiger partial charge is 0.252 e. The van der Waals surface area contributed by atoms with E-state index in [-0.39, 0.29) is 24.4 Å². The Balaban J connectivity index is 2.12. The number of nitrogens with one attached hydrogen (secondary N) is 1. The van der Waals surface area contributed by atoms with Crippen LogP contribution in [0.3, 0.4) is 0 Å². The minimum Gasteiger partial charge on any atom is -0.354 e. The summed E-state index contributed by atoms with van der Waals surface area (Å²) in [6.07, 6.45) is 1.45. The van der Waals surface area contributed by atoms with Crippen molar-refractivity contribution in [2.75, 3.05) is 13.1 Å². The van der Waals surface area contributed by atoms with Gasteiger partial charge in [-0.2, -0.15) is 4.31 Å². The van der Waals surface area contributed by atoms with Crippen molar-refractivity contribution in [1.29, 1.82) is 0 Å². The summed E-state index contributed by atoms with van der Waals surface area (Å²) >= 11 is 4.48. The molecule has 1 unspecified atom stereocenters. The molecule has 1 N–H and O–H groups in total. The minimum atomic E-state index is -3.49. The average Bonchev–Trinajstić information content (AvgIpc) is 2.85. The lowest BCUT2D eigenvalue weighted by Gasteiger charge is -2.31. The van der Waals surface area contributed by atoms with Gasteiger partial charge in [-0.15, -0.1) is 11.3 Å². The van der Waals surface area contributed by atoms with Crippen LogP contribution in [0.1, 0.15) is 26.7 Å². The molecule has 1 aliphatic heterocycles. The van der Waals surface area contributed by atoms with Crippen LogP contribution in [-0.4, -0.2) is 37.8 Å². The first-order chi connectivity index (χ1) is 9.80. The van der Waals surface area contributed by atoms with Crippen LogP contribution in [0.2, 0.25) is 0 Å². The molecule has 1 aromatic rings. The Morgan fingerprint density at radius 2 is 2.19 bits per heavy atom. The Kier molecular flexibility index (Phi) is 5.45.